The van der Waals surface area contributed by atoms with Crippen LogP contribution in [0.4, 0.5) is 0 Å². The molecular weight excluding hydrogens is 587 g/mol. The van der Waals surface area contributed by atoms with Crippen LogP contribution in [0.5, 0.6) is 0 Å². The van der Waals surface area contributed by atoms with Gasteiger partial charge in [0.25, 0.3) is 0 Å². The third-order valence-electron chi connectivity index (χ3n) is 6.30. The summed E-state index contributed by atoms with van der Waals surface area (Å²) in [6.45, 7) is 0. The predicted octanol–water partition coefficient (Wildman–Crippen LogP) is 9.05. The lowest BCUT2D eigenvalue weighted by molar-refractivity contribution is 0.704. The lowest BCUT2D eigenvalue weighted by Gasteiger charge is -2.42. The van der Waals surface area contributed by atoms with E-state index in [0.717, 1.165) is 4.47 Å². The summed E-state index contributed by atoms with van der Waals surface area (Å²) < 4.78 is 2.34. The first-order valence-corrected chi connectivity index (χ1v) is 13.2. The lowest BCUT2D eigenvalue weighted by Crippen LogP contribution is -2.34. The summed E-state index contributed by atoms with van der Waals surface area (Å²) in [5, 5.41) is 2.60. The van der Waals surface area contributed by atoms with Crippen LogP contribution in [0.1, 0.15) is 22.3 Å². The van der Waals surface area contributed by atoms with Crippen molar-refractivity contribution in [2.75, 3.05) is 0 Å². The molecule has 1 heterocycles. The molecule has 5 aromatic carbocycles. The minimum absolute atomic E-state index is 0.397. The first kappa shape index (κ1) is 20.5. The Labute approximate surface area is 214 Å². The summed E-state index contributed by atoms with van der Waals surface area (Å²) in [5.41, 5.74) is 4.87. The topological polar surface area (TPSA) is 0 Å². The van der Waals surface area contributed by atoms with Crippen molar-refractivity contribution in [3.63, 3.8) is 0 Å². The molecule has 1 atom stereocenters. The number of halogens is 2. The maximum atomic E-state index is 3.75. The quantitative estimate of drug-likeness (QED) is 0.178. The Kier molecular flexibility index (Phi) is 5.16. The van der Waals surface area contributed by atoms with Gasteiger partial charge in [0, 0.05) is 17.8 Å². The monoisotopic (exact) mass is 604 g/mol. The molecule has 0 spiro atoms. The van der Waals surface area contributed by atoms with Gasteiger partial charge in [0.2, 0.25) is 0 Å². The van der Waals surface area contributed by atoms with Crippen LogP contribution in [0.3, 0.4) is 0 Å². The molecule has 3 heteroatoms. The maximum absolute atomic E-state index is 3.75. The van der Waals surface area contributed by atoms with Crippen molar-refractivity contribution in [2.24, 2.45) is 0 Å². The van der Waals surface area contributed by atoms with Gasteiger partial charge in [-0.3, -0.25) is 0 Å². The molecule has 1 aliphatic rings. The van der Waals surface area contributed by atoms with Crippen molar-refractivity contribution in [3.05, 3.63) is 139 Å². The zero-order valence-electron chi connectivity index (χ0n) is 17.1. The van der Waals surface area contributed by atoms with Crippen LogP contribution in [-0.4, -0.2) is 0 Å². The second-order valence-corrected chi connectivity index (χ2v) is 11.2. The van der Waals surface area contributed by atoms with Crippen LogP contribution >= 0.6 is 50.3 Å². The van der Waals surface area contributed by atoms with E-state index in [2.05, 4.69) is 148 Å². The van der Waals surface area contributed by atoms with E-state index < -0.39 is 5.41 Å². The van der Waals surface area contributed by atoms with E-state index in [9.17, 15) is 0 Å². The fourth-order valence-corrected chi connectivity index (χ4v) is 7.27. The van der Waals surface area contributed by atoms with Gasteiger partial charge in [-0.1, -0.05) is 107 Å². The highest BCUT2D eigenvalue weighted by molar-refractivity contribution is 14.1. The van der Waals surface area contributed by atoms with Gasteiger partial charge in [0.15, 0.2) is 0 Å². The molecule has 0 bridgehead atoms. The molecule has 1 unspecified atom stereocenters. The van der Waals surface area contributed by atoms with Crippen LogP contribution in [0.15, 0.2) is 123 Å². The fourth-order valence-electron chi connectivity index (χ4n) is 5.00. The van der Waals surface area contributed by atoms with Crippen molar-refractivity contribution >= 4 is 61.1 Å². The van der Waals surface area contributed by atoms with Gasteiger partial charge in [0.05, 0.1) is 5.41 Å². The Bertz CT molecular complexity index is 1440. The molecule has 5 aromatic rings. The highest BCUT2D eigenvalue weighted by Crippen LogP contribution is 2.57. The molecule has 1 aliphatic heterocycles. The van der Waals surface area contributed by atoms with Gasteiger partial charge < -0.3 is 0 Å². The Hall–Kier alpha value is -2.08. The zero-order valence-corrected chi connectivity index (χ0v) is 21.6. The van der Waals surface area contributed by atoms with E-state index in [0.29, 0.717) is 0 Å². The van der Waals surface area contributed by atoms with E-state index in [1.807, 2.05) is 11.8 Å². The Morgan fingerprint density at radius 2 is 1.41 bits per heavy atom. The van der Waals surface area contributed by atoms with Gasteiger partial charge in [-0.2, -0.15) is 0 Å². The van der Waals surface area contributed by atoms with Crippen LogP contribution in [0.2, 0.25) is 0 Å². The molecule has 0 N–H and O–H groups in total. The number of rotatable bonds is 2. The van der Waals surface area contributed by atoms with Gasteiger partial charge in [-0.25, -0.2) is 0 Å². The first-order valence-electron chi connectivity index (χ1n) is 10.5. The van der Waals surface area contributed by atoms with Crippen molar-refractivity contribution in [3.8, 4) is 0 Å². The van der Waals surface area contributed by atoms with E-state index in [1.54, 1.807) is 0 Å². The molecule has 0 fully saturated rings. The summed E-state index contributed by atoms with van der Waals surface area (Å²) in [7, 11) is 0. The molecule has 0 saturated carbocycles. The van der Waals surface area contributed by atoms with Gasteiger partial charge in [-0.05, 0) is 85.9 Å². The van der Waals surface area contributed by atoms with Crippen molar-refractivity contribution in [2.45, 2.75) is 15.2 Å². The molecule has 0 saturated heterocycles. The van der Waals surface area contributed by atoms with Gasteiger partial charge in [0.1, 0.15) is 0 Å². The van der Waals surface area contributed by atoms with Crippen LogP contribution in [0, 0.1) is 3.57 Å². The Morgan fingerprint density at radius 3 is 2.25 bits per heavy atom. The summed E-state index contributed by atoms with van der Waals surface area (Å²) in [4.78, 5) is 2.66. The first-order chi connectivity index (χ1) is 15.7. The van der Waals surface area contributed by atoms with E-state index >= 15 is 0 Å². The molecule has 0 nitrogen and oxygen atoms in total. The van der Waals surface area contributed by atoms with E-state index in [-0.39, 0.29) is 0 Å². The Morgan fingerprint density at radius 1 is 0.656 bits per heavy atom. The molecule has 0 radical (unpaired) electrons. The number of fused-ring (bicyclic) bond motifs is 4. The molecule has 32 heavy (non-hydrogen) atoms. The average Bonchev–Trinajstić information content (AvgIpc) is 2.82. The fraction of sp³-hybridized carbons (Fsp3) is 0.0345. The average molecular weight is 605 g/mol. The van der Waals surface area contributed by atoms with Crippen molar-refractivity contribution in [1.29, 1.82) is 0 Å². The minimum Gasteiger partial charge on any atom is -0.0888 e. The SMILES string of the molecule is Brc1cccc(C2(c3cccc(I)c3)c3ccccc3Sc3c2ccc2ccccc32)c1. The summed E-state index contributed by atoms with van der Waals surface area (Å²) >= 11 is 8.08. The number of hydrogen-bond donors (Lipinski definition) is 0. The third kappa shape index (κ3) is 3.09. The van der Waals surface area contributed by atoms with E-state index in [4.69, 9.17) is 0 Å². The standard InChI is InChI=1S/C29H18BrIS/c30-22-10-5-8-20(17-22)29(21-9-6-11-23(31)18-21)25-13-3-4-14-27(25)32-28-24-12-2-1-7-19(24)15-16-26(28)29/h1-18H. The summed E-state index contributed by atoms with van der Waals surface area (Å²) in [6.07, 6.45) is 0. The molecular formula is C29H18BrIS. The smallest absolute Gasteiger partial charge is 0.0724 e. The maximum Gasteiger partial charge on any atom is 0.0724 e. The minimum atomic E-state index is -0.397. The molecule has 0 aliphatic carbocycles. The molecule has 154 valence electrons. The largest absolute Gasteiger partial charge is 0.0888 e. The lowest BCUT2D eigenvalue weighted by atomic mass is 9.64. The predicted molar refractivity (Wildman–Crippen MR) is 147 cm³/mol. The second-order valence-electron chi connectivity index (χ2n) is 8.03. The molecule has 0 aromatic heterocycles. The number of benzene rings is 5. The normalized spacial score (nSPS) is 17.1. The van der Waals surface area contributed by atoms with Crippen LogP contribution in [-0.2, 0) is 5.41 Å². The van der Waals surface area contributed by atoms with Crippen LogP contribution in [0.25, 0.3) is 10.8 Å². The van der Waals surface area contributed by atoms with Gasteiger partial charge >= 0.3 is 0 Å². The zero-order chi connectivity index (χ0) is 21.7. The van der Waals surface area contributed by atoms with E-state index in [1.165, 1.54) is 46.4 Å². The summed E-state index contributed by atoms with van der Waals surface area (Å²) in [6, 6.07) is 40.1. The highest BCUT2D eigenvalue weighted by atomic mass is 127. The van der Waals surface area contributed by atoms with Crippen molar-refractivity contribution < 1.29 is 0 Å². The Balaban J connectivity index is 1.84. The molecule has 0 amide bonds. The molecule has 6 rings (SSSR count). The third-order valence-corrected chi connectivity index (χ3v) is 8.69. The summed E-state index contributed by atoms with van der Waals surface area (Å²) in [5.74, 6) is 0. The second kappa shape index (κ2) is 8.05. The number of hydrogen-bond acceptors (Lipinski definition) is 1. The van der Waals surface area contributed by atoms with Gasteiger partial charge in [-0.15, -0.1) is 0 Å². The highest BCUT2D eigenvalue weighted by Gasteiger charge is 2.44. The van der Waals surface area contributed by atoms with Crippen LogP contribution < -0.4 is 0 Å². The van der Waals surface area contributed by atoms with Crippen molar-refractivity contribution in [1.82, 2.24) is 0 Å².